The topological polar surface area (TPSA) is 17.1 Å². The summed E-state index contributed by atoms with van der Waals surface area (Å²) in [6.45, 7) is 3.96. The first-order valence-electron chi connectivity index (χ1n) is 4.89. The van der Waals surface area contributed by atoms with Gasteiger partial charge in [0.1, 0.15) is 5.78 Å². The molecule has 0 aromatic rings. The van der Waals surface area contributed by atoms with Gasteiger partial charge in [0.25, 0.3) is 0 Å². The molecule has 0 heterocycles. The normalized spacial score (nSPS) is 23.1. The summed E-state index contributed by atoms with van der Waals surface area (Å²) in [7, 11) is 0. The van der Waals surface area contributed by atoms with Crippen molar-refractivity contribution in [1.29, 1.82) is 0 Å². The minimum absolute atomic E-state index is 0.209. The van der Waals surface area contributed by atoms with Crippen molar-refractivity contribution < 1.29 is 4.79 Å². The molecule has 1 unspecified atom stereocenters. The van der Waals surface area contributed by atoms with Gasteiger partial charge in [-0.1, -0.05) is 26.0 Å². The highest BCUT2D eigenvalue weighted by Crippen LogP contribution is 2.21. The molecular weight excluding hydrogens is 148 g/mol. The number of hydrogen-bond acceptors (Lipinski definition) is 1. The van der Waals surface area contributed by atoms with Crippen LogP contribution in [0.15, 0.2) is 12.2 Å². The summed E-state index contributed by atoms with van der Waals surface area (Å²) in [6.07, 6.45) is 8.84. The molecule has 0 aromatic heterocycles. The summed E-state index contributed by atoms with van der Waals surface area (Å²) in [5, 5.41) is 0. The molecule has 0 saturated carbocycles. The predicted octanol–water partition coefficient (Wildman–Crippen LogP) is 2.96. The Labute approximate surface area is 74.9 Å². The Balaban J connectivity index is 2.35. The van der Waals surface area contributed by atoms with Crippen LogP contribution < -0.4 is 0 Å². The van der Waals surface area contributed by atoms with Gasteiger partial charge in [-0.3, -0.25) is 4.79 Å². The molecule has 0 bridgehead atoms. The molecular formula is C11H18O. The van der Waals surface area contributed by atoms with Gasteiger partial charge in [-0.2, -0.15) is 0 Å². The molecule has 1 rings (SSSR count). The second-order valence-electron chi connectivity index (χ2n) is 3.94. The zero-order valence-corrected chi connectivity index (χ0v) is 8.05. The first-order valence-corrected chi connectivity index (χ1v) is 4.89. The van der Waals surface area contributed by atoms with E-state index in [2.05, 4.69) is 12.2 Å². The van der Waals surface area contributed by atoms with E-state index in [1.165, 1.54) is 19.3 Å². The molecule has 0 aromatic carbocycles. The van der Waals surface area contributed by atoms with E-state index in [9.17, 15) is 4.79 Å². The summed E-state index contributed by atoms with van der Waals surface area (Å²) in [5.41, 5.74) is 0. The maximum Gasteiger partial charge on any atom is 0.136 e. The third-order valence-corrected chi connectivity index (χ3v) is 2.46. The second kappa shape index (κ2) is 4.44. The highest BCUT2D eigenvalue weighted by molar-refractivity contribution is 5.80. The van der Waals surface area contributed by atoms with E-state index < -0.39 is 0 Å². The van der Waals surface area contributed by atoms with Crippen molar-refractivity contribution in [2.24, 2.45) is 11.8 Å². The number of Topliss-reactive ketones (excluding diaryl/α,β-unsaturated/α-hetero) is 1. The first kappa shape index (κ1) is 9.50. The van der Waals surface area contributed by atoms with Crippen LogP contribution in [0.25, 0.3) is 0 Å². The van der Waals surface area contributed by atoms with Crippen LogP contribution in [-0.4, -0.2) is 5.78 Å². The fourth-order valence-electron chi connectivity index (χ4n) is 1.55. The molecule has 1 aliphatic rings. The van der Waals surface area contributed by atoms with E-state index in [0.29, 0.717) is 11.7 Å². The molecule has 1 aliphatic carbocycles. The van der Waals surface area contributed by atoms with Gasteiger partial charge in [-0.15, -0.1) is 0 Å². The fourth-order valence-corrected chi connectivity index (χ4v) is 1.55. The molecule has 0 radical (unpaired) electrons. The molecule has 12 heavy (non-hydrogen) atoms. The molecule has 0 N–H and O–H groups in total. The molecule has 0 fully saturated rings. The van der Waals surface area contributed by atoms with Crippen LogP contribution in [0.4, 0.5) is 0 Å². The summed E-state index contributed by atoms with van der Waals surface area (Å²) < 4.78 is 0. The van der Waals surface area contributed by atoms with E-state index in [0.717, 1.165) is 6.42 Å². The highest BCUT2D eigenvalue weighted by atomic mass is 16.1. The zero-order valence-electron chi connectivity index (χ0n) is 8.05. The van der Waals surface area contributed by atoms with Gasteiger partial charge in [-0.05, 0) is 25.2 Å². The van der Waals surface area contributed by atoms with Crippen LogP contribution in [0.5, 0.6) is 0 Å². The van der Waals surface area contributed by atoms with Crippen LogP contribution in [0.3, 0.4) is 0 Å². The van der Waals surface area contributed by atoms with Crippen molar-refractivity contribution in [3.63, 3.8) is 0 Å². The van der Waals surface area contributed by atoms with Gasteiger partial charge >= 0.3 is 0 Å². The molecule has 1 heteroatoms. The van der Waals surface area contributed by atoms with Gasteiger partial charge < -0.3 is 0 Å². The minimum atomic E-state index is 0.209. The summed E-state index contributed by atoms with van der Waals surface area (Å²) in [4.78, 5) is 11.4. The highest BCUT2D eigenvalue weighted by Gasteiger charge is 2.14. The first-order chi connectivity index (χ1) is 5.70. The Kier molecular flexibility index (Phi) is 3.51. The lowest BCUT2D eigenvalue weighted by Gasteiger charge is -2.16. The van der Waals surface area contributed by atoms with E-state index in [1.54, 1.807) is 0 Å². The Hall–Kier alpha value is -0.590. The predicted molar refractivity (Wildman–Crippen MR) is 50.9 cm³/mol. The van der Waals surface area contributed by atoms with E-state index in [4.69, 9.17) is 0 Å². The Morgan fingerprint density at radius 1 is 1.58 bits per heavy atom. The van der Waals surface area contributed by atoms with Crippen molar-refractivity contribution >= 4 is 5.78 Å². The lowest BCUT2D eigenvalue weighted by atomic mass is 9.89. The van der Waals surface area contributed by atoms with Crippen molar-refractivity contribution in [2.75, 3.05) is 0 Å². The zero-order chi connectivity index (χ0) is 8.97. The van der Waals surface area contributed by atoms with Crippen molar-refractivity contribution in [3.8, 4) is 0 Å². The maximum absolute atomic E-state index is 11.4. The third-order valence-electron chi connectivity index (χ3n) is 2.46. The molecule has 68 valence electrons. The Morgan fingerprint density at radius 2 is 2.33 bits per heavy atom. The van der Waals surface area contributed by atoms with Crippen molar-refractivity contribution in [2.45, 2.75) is 39.5 Å². The van der Waals surface area contributed by atoms with Crippen LogP contribution in [0.2, 0.25) is 0 Å². The number of carbonyl (C=O) groups is 1. The van der Waals surface area contributed by atoms with E-state index in [1.807, 2.05) is 13.8 Å². The Morgan fingerprint density at radius 3 is 2.83 bits per heavy atom. The van der Waals surface area contributed by atoms with Gasteiger partial charge in [0.2, 0.25) is 0 Å². The van der Waals surface area contributed by atoms with Crippen LogP contribution >= 0.6 is 0 Å². The van der Waals surface area contributed by atoms with Gasteiger partial charge in [0, 0.05) is 12.3 Å². The van der Waals surface area contributed by atoms with Gasteiger partial charge in [0.15, 0.2) is 0 Å². The fraction of sp³-hybridized carbons (Fsp3) is 0.727. The standard InChI is InChI=1S/C11H18O/c1-9(2)11(12)8-10-6-4-3-5-7-10/h4,6,9-10H,3,5,7-8H2,1-2H3. The number of ketones is 1. The molecule has 0 aliphatic heterocycles. The quantitative estimate of drug-likeness (QED) is 0.589. The monoisotopic (exact) mass is 166 g/mol. The largest absolute Gasteiger partial charge is 0.299 e. The lowest BCUT2D eigenvalue weighted by Crippen LogP contribution is -2.13. The summed E-state index contributed by atoms with van der Waals surface area (Å²) >= 11 is 0. The SMILES string of the molecule is CC(C)C(=O)CC1C=CCCC1. The molecule has 1 nitrogen and oxygen atoms in total. The number of rotatable bonds is 3. The van der Waals surface area contributed by atoms with Crippen LogP contribution in [0.1, 0.15) is 39.5 Å². The minimum Gasteiger partial charge on any atom is -0.299 e. The maximum atomic E-state index is 11.4. The number of hydrogen-bond donors (Lipinski definition) is 0. The van der Waals surface area contributed by atoms with Crippen molar-refractivity contribution in [1.82, 2.24) is 0 Å². The molecule has 0 saturated heterocycles. The van der Waals surface area contributed by atoms with E-state index in [-0.39, 0.29) is 5.92 Å². The van der Waals surface area contributed by atoms with Crippen LogP contribution in [-0.2, 0) is 4.79 Å². The van der Waals surface area contributed by atoms with E-state index >= 15 is 0 Å². The lowest BCUT2D eigenvalue weighted by molar-refractivity contribution is -0.122. The average molecular weight is 166 g/mol. The van der Waals surface area contributed by atoms with Crippen LogP contribution in [0, 0.1) is 11.8 Å². The molecule has 0 spiro atoms. The number of allylic oxidation sites excluding steroid dienone is 2. The molecule has 1 atom stereocenters. The summed E-state index contributed by atoms with van der Waals surface area (Å²) in [6, 6.07) is 0. The van der Waals surface area contributed by atoms with Gasteiger partial charge in [0.05, 0.1) is 0 Å². The Bertz CT molecular complexity index is 179. The third kappa shape index (κ3) is 2.80. The van der Waals surface area contributed by atoms with Gasteiger partial charge in [-0.25, -0.2) is 0 Å². The number of carbonyl (C=O) groups excluding carboxylic acids is 1. The van der Waals surface area contributed by atoms with Crippen molar-refractivity contribution in [3.05, 3.63) is 12.2 Å². The smallest absolute Gasteiger partial charge is 0.136 e. The summed E-state index contributed by atoms with van der Waals surface area (Å²) in [5.74, 6) is 1.15. The average Bonchev–Trinajstić information content (AvgIpc) is 2.06. The molecule has 0 amide bonds. The second-order valence-corrected chi connectivity index (χ2v) is 3.94.